The van der Waals surface area contributed by atoms with Crippen molar-refractivity contribution >= 4 is 41.5 Å². The fourth-order valence-corrected chi connectivity index (χ4v) is 4.81. The van der Waals surface area contributed by atoms with E-state index < -0.39 is 53.9 Å². The maximum Gasteiger partial charge on any atom is 0.328 e. The lowest BCUT2D eigenvalue weighted by molar-refractivity contribution is -0.146. The van der Waals surface area contributed by atoms with Gasteiger partial charge < -0.3 is 31.3 Å². The molecule has 1 rings (SSSR count). The molecular formula is C31H51N5O6S. The average Bonchev–Trinajstić information content (AvgIpc) is 2.96. The molecule has 0 unspecified atom stereocenters. The van der Waals surface area contributed by atoms with Gasteiger partial charge >= 0.3 is 12.0 Å². The molecule has 0 radical (unpaired) electrons. The smallest absolute Gasteiger partial charge is 0.328 e. The zero-order chi connectivity index (χ0) is 32.5. The summed E-state index contributed by atoms with van der Waals surface area (Å²) >= 11 is 1.54. The number of benzene rings is 1. The van der Waals surface area contributed by atoms with Crippen LogP contribution in [0.1, 0.15) is 66.4 Å². The van der Waals surface area contributed by atoms with E-state index in [9.17, 15) is 24.0 Å². The fourth-order valence-electron chi connectivity index (χ4n) is 4.34. The maximum atomic E-state index is 13.7. The first kappa shape index (κ1) is 37.7. The van der Waals surface area contributed by atoms with Crippen molar-refractivity contribution in [2.24, 2.45) is 11.8 Å². The lowest BCUT2D eigenvalue weighted by Gasteiger charge is -2.29. The van der Waals surface area contributed by atoms with Crippen molar-refractivity contribution in [2.75, 3.05) is 19.1 Å². The Labute approximate surface area is 260 Å². The van der Waals surface area contributed by atoms with Crippen LogP contribution in [0.2, 0.25) is 0 Å². The number of hydrogen-bond acceptors (Lipinski definition) is 7. The van der Waals surface area contributed by atoms with Gasteiger partial charge in [0.25, 0.3) is 0 Å². The molecule has 0 fully saturated rings. The molecule has 0 aliphatic rings. The lowest BCUT2D eigenvalue weighted by atomic mass is 9.96. The van der Waals surface area contributed by atoms with Crippen molar-refractivity contribution < 1.29 is 28.7 Å². The molecule has 0 heterocycles. The largest absolute Gasteiger partial charge is 0.467 e. The highest BCUT2D eigenvalue weighted by molar-refractivity contribution is 7.98. The van der Waals surface area contributed by atoms with Crippen LogP contribution in [-0.2, 0) is 30.3 Å². The second-order valence-electron chi connectivity index (χ2n) is 11.4. The number of urea groups is 1. The van der Waals surface area contributed by atoms with Crippen molar-refractivity contribution in [2.45, 2.75) is 97.4 Å². The first-order valence-electron chi connectivity index (χ1n) is 14.9. The fraction of sp³-hybridized carbons (Fsp3) is 0.645. The Morgan fingerprint density at radius 1 is 0.791 bits per heavy atom. The normalized spacial score (nSPS) is 14.6. The first-order valence-corrected chi connectivity index (χ1v) is 16.3. The van der Waals surface area contributed by atoms with Crippen LogP contribution in [0, 0.1) is 11.8 Å². The molecule has 11 nitrogen and oxygen atoms in total. The molecular weight excluding hydrogens is 570 g/mol. The highest BCUT2D eigenvalue weighted by Crippen LogP contribution is 2.13. The van der Waals surface area contributed by atoms with Gasteiger partial charge in [-0.1, -0.05) is 64.4 Å². The van der Waals surface area contributed by atoms with Gasteiger partial charge in [-0.05, 0) is 56.1 Å². The quantitative estimate of drug-likeness (QED) is 0.158. The van der Waals surface area contributed by atoms with E-state index in [-0.39, 0.29) is 24.3 Å². The van der Waals surface area contributed by atoms with Gasteiger partial charge in [0.15, 0.2) is 0 Å². The number of rotatable bonds is 18. The van der Waals surface area contributed by atoms with Crippen molar-refractivity contribution in [3.8, 4) is 0 Å². The van der Waals surface area contributed by atoms with E-state index in [1.807, 2.05) is 78.1 Å². The van der Waals surface area contributed by atoms with Gasteiger partial charge in [-0.2, -0.15) is 11.8 Å². The monoisotopic (exact) mass is 621 g/mol. The molecule has 0 aliphatic carbocycles. The molecule has 5 amide bonds. The van der Waals surface area contributed by atoms with Gasteiger partial charge in [0.05, 0.1) is 7.11 Å². The van der Waals surface area contributed by atoms with Crippen molar-refractivity contribution in [3.63, 3.8) is 0 Å². The number of thioether (sulfide) groups is 1. The van der Waals surface area contributed by atoms with Gasteiger partial charge in [0, 0.05) is 12.5 Å². The van der Waals surface area contributed by atoms with E-state index in [1.54, 1.807) is 11.8 Å². The third kappa shape index (κ3) is 14.2. The van der Waals surface area contributed by atoms with Crippen LogP contribution in [0.5, 0.6) is 0 Å². The van der Waals surface area contributed by atoms with Crippen LogP contribution < -0.4 is 26.6 Å². The summed E-state index contributed by atoms with van der Waals surface area (Å²) in [6.07, 6.45) is 3.39. The number of carbonyl (C=O) groups excluding carboxylic acids is 5. The summed E-state index contributed by atoms with van der Waals surface area (Å²) in [6.45, 7) is 11.2. The lowest BCUT2D eigenvalue weighted by Crippen LogP contribution is -2.60. The van der Waals surface area contributed by atoms with E-state index in [1.165, 1.54) is 7.11 Å². The maximum absolute atomic E-state index is 13.7. The number of hydrogen-bond donors (Lipinski definition) is 5. The minimum Gasteiger partial charge on any atom is -0.467 e. The van der Waals surface area contributed by atoms with Crippen LogP contribution in [-0.4, -0.2) is 79.0 Å². The molecule has 242 valence electrons. The Hall–Kier alpha value is -3.28. The molecule has 43 heavy (non-hydrogen) atoms. The Bertz CT molecular complexity index is 1040. The zero-order valence-corrected chi connectivity index (χ0v) is 27.6. The molecule has 0 aliphatic heterocycles. The van der Waals surface area contributed by atoms with E-state index in [0.29, 0.717) is 25.0 Å². The molecule has 1 aromatic carbocycles. The SMILES string of the molecule is CC[C@H](C)[C@H](NC(=O)[C@H](CCSC)NC(=O)NC(C)C)C(=O)N[C@@H](Cc1ccccc1)C(=O)N[C@@H](CC(C)C)C(=O)OC. The molecule has 1 aromatic rings. The second-order valence-corrected chi connectivity index (χ2v) is 12.4. The van der Waals surface area contributed by atoms with Crippen LogP contribution in [0.15, 0.2) is 30.3 Å². The molecule has 0 saturated carbocycles. The van der Waals surface area contributed by atoms with E-state index in [4.69, 9.17) is 4.74 Å². The highest BCUT2D eigenvalue weighted by atomic mass is 32.2. The van der Waals surface area contributed by atoms with Gasteiger partial charge in [-0.15, -0.1) is 0 Å². The minimum atomic E-state index is -1.03. The first-order chi connectivity index (χ1) is 20.3. The predicted molar refractivity (Wildman–Crippen MR) is 170 cm³/mol. The summed E-state index contributed by atoms with van der Waals surface area (Å²) in [7, 11) is 1.26. The summed E-state index contributed by atoms with van der Waals surface area (Å²) < 4.78 is 4.90. The molecule has 0 bridgehead atoms. The van der Waals surface area contributed by atoms with Crippen LogP contribution in [0.4, 0.5) is 4.79 Å². The summed E-state index contributed by atoms with van der Waals surface area (Å²) in [6, 6.07) is 4.89. The Morgan fingerprint density at radius 3 is 1.93 bits per heavy atom. The molecule has 12 heteroatoms. The third-order valence-corrected chi connectivity index (χ3v) is 7.51. The molecule has 5 atom stereocenters. The zero-order valence-electron chi connectivity index (χ0n) is 26.8. The van der Waals surface area contributed by atoms with Crippen LogP contribution in [0.25, 0.3) is 0 Å². The van der Waals surface area contributed by atoms with Gasteiger partial charge in [-0.3, -0.25) is 14.4 Å². The van der Waals surface area contributed by atoms with Gasteiger partial charge in [0.2, 0.25) is 17.7 Å². The number of carbonyl (C=O) groups is 5. The predicted octanol–water partition coefficient (Wildman–Crippen LogP) is 2.78. The number of esters is 1. The summed E-state index contributed by atoms with van der Waals surface area (Å²) in [5, 5.41) is 13.8. The summed E-state index contributed by atoms with van der Waals surface area (Å²) in [5.74, 6) is -1.68. The van der Waals surface area contributed by atoms with Crippen molar-refractivity contribution in [3.05, 3.63) is 35.9 Å². The van der Waals surface area contributed by atoms with Gasteiger partial charge in [0.1, 0.15) is 24.2 Å². The standard InChI is InChI=1S/C31H51N5O6S/c1-9-21(6)26(36-27(37)23(15-16-43-8)35-31(41)32-20(4)5)29(39)33-24(18-22-13-11-10-12-14-22)28(38)34-25(17-19(2)3)30(40)42-7/h10-14,19-21,23-26H,9,15-18H2,1-8H3,(H,33,39)(H,34,38)(H,36,37)(H2,32,35,41)/t21-,23-,24-,25-,26-/m0/s1. The van der Waals surface area contributed by atoms with E-state index >= 15 is 0 Å². The van der Waals surface area contributed by atoms with Crippen LogP contribution in [0.3, 0.4) is 0 Å². The number of ether oxygens (including phenoxy) is 1. The molecule has 0 spiro atoms. The molecule has 5 N–H and O–H groups in total. The number of amides is 5. The topological polar surface area (TPSA) is 155 Å². The molecule has 0 saturated heterocycles. The Morgan fingerprint density at radius 2 is 1.40 bits per heavy atom. The van der Waals surface area contributed by atoms with E-state index in [2.05, 4.69) is 26.6 Å². The molecule has 0 aromatic heterocycles. The summed E-state index contributed by atoms with van der Waals surface area (Å²) in [5.41, 5.74) is 0.808. The van der Waals surface area contributed by atoms with Gasteiger partial charge in [-0.25, -0.2) is 9.59 Å². The second kappa shape index (κ2) is 19.8. The third-order valence-electron chi connectivity index (χ3n) is 6.87. The van der Waals surface area contributed by atoms with Crippen molar-refractivity contribution in [1.29, 1.82) is 0 Å². The summed E-state index contributed by atoms with van der Waals surface area (Å²) in [4.78, 5) is 65.5. The van der Waals surface area contributed by atoms with Crippen LogP contribution >= 0.6 is 11.8 Å². The number of methoxy groups -OCH3 is 1. The Kier molecular flexibility index (Phi) is 17.4. The average molecular weight is 622 g/mol. The highest BCUT2D eigenvalue weighted by Gasteiger charge is 2.33. The number of nitrogens with one attached hydrogen (secondary N) is 5. The van der Waals surface area contributed by atoms with E-state index in [0.717, 1.165) is 5.56 Å². The Balaban J connectivity index is 3.24. The van der Waals surface area contributed by atoms with Crippen molar-refractivity contribution in [1.82, 2.24) is 26.6 Å². The minimum absolute atomic E-state index is 0.104.